The first-order valence-corrected chi connectivity index (χ1v) is 12.1. The predicted molar refractivity (Wildman–Crippen MR) is 133 cm³/mol. The van der Waals surface area contributed by atoms with Crippen LogP contribution in [0.25, 0.3) is 11.3 Å². The maximum Gasteiger partial charge on any atom is 0.152 e. The van der Waals surface area contributed by atoms with Crippen molar-refractivity contribution >= 4 is 5.82 Å². The first-order valence-electron chi connectivity index (χ1n) is 12.1. The van der Waals surface area contributed by atoms with Crippen LogP contribution in [-0.2, 0) is 25.7 Å². The van der Waals surface area contributed by atoms with Crippen molar-refractivity contribution in [2.45, 2.75) is 64.7 Å². The first-order chi connectivity index (χ1) is 15.7. The Morgan fingerprint density at radius 1 is 1.00 bits per heavy atom. The third-order valence-corrected chi connectivity index (χ3v) is 6.95. The molecule has 2 aromatic carbocycles. The molecule has 1 N–H and O–H groups in total. The minimum atomic E-state index is 0.708. The van der Waals surface area contributed by atoms with Gasteiger partial charge in [0.1, 0.15) is 0 Å². The molecule has 2 aliphatic rings. The second-order valence-corrected chi connectivity index (χ2v) is 9.57. The minimum Gasteiger partial charge on any atom is -0.343 e. The molecule has 3 aromatic rings. The van der Waals surface area contributed by atoms with E-state index < -0.39 is 0 Å². The third-order valence-electron chi connectivity index (χ3n) is 6.95. The van der Waals surface area contributed by atoms with Crippen LogP contribution in [0.15, 0.2) is 60.8 Å². The third kappa shape index (κ3) is 4.62. The van der Waals surface area contributed by atoms with Crippen LogP contribution in [0, 0.1) is 12.8 Å². The number of nitrogens with one attached hydrogen (secondary N) is 1. The molecule has 0 atom stereocenters. The molecule has 32 heavy (non-hydrogen) atoms. The fraction of sp³-hybridized carbons (Fsp3) is 0.379. The van der Waals surface area contributed by atoms with E-state index in [1.807, 2.05) is 0 Å². The molecule has 5 rings (SSSR count). The van der Waals surface area contributed by atoms with Gasteiger partial charge in [-0.15, -0.1) is 0 Å². The van der Waals surface area contributed by atoms with Crippen LogP contribution >= 0.6 is 0 Å². The number of fused-ring (bicyclic) bond motifs is 3. The fourth-order valence-electron chi connectivity index (χ4n) is 5.27. The van der Waals surface area contributed by atoms with Crippen molar-refractivity contribution in [1.82, 2.24) is 9.97 Å². The van der Waals surface area contributed by atoms with Gasteiger partial charge in [-0.25, -0.2) is 9.97 Å². The summed E-state index contributed by atoms with van der Waals surface area (Å²) in [5.74, 6) is 1.63. The van der Waals surface area contributed by atoms with Crippen molar-refractivity contribution in [1.29, 1.82) is 0 Å². The van der Waals surface area contributed by atoms with Gasteiger partial charge in [-0.1, -0.05) is 92.8 Å². The van der Waals surface area contributed by atoms with Crippen LogP contribution in [0.2, 0.25) is 0 Å². The number of hydrogen-bond donors (Lipinski definition) is 1. The Balaban J connectivity index is 1.47. The highest BCUT2D eigenvalue weighted by Crippen LogP contribution is 2.35. The molecule has 1 aromatic heterocycles. The SMILES string of the molecule is C=C(Cc1ccccc1)Nc1nc2c(nc1CC1CCCCC1)-c1ccc(C)cc1CC2. The van der Waals surface area contributed by atoms with E-state index >= 15 is 0 Å². The average molecular weight is 424 g/mol. The largest absolute Gasteiger partial charge is 0.343 e. The summed E-state index contributed by atoms with van der Waals surface area (Å²) in [6.07, 6.45) is 10.4. The van der Waals surface area contributed by atoms with Gasteiger partial charge in [-0.2, -0.15) is 0 Å². The summed E-state index contributed by atoms with van der Waals surface area (Å²) in [6.45, 7) is 6.48. The number of aromatic nitrogens is 2. The van der Waals surface area contributed by atoms with Gasteiger partial charge in [0.25, 0.3) is 0 Å². The Morgan fingerprint density at radius 3 is 2.62 bits per heavy atom. The number of nitrogens with zero attached hydrogens (tertiary/aromatic N) is 2. The number of rotatable bonds is 6. The standard InChI is InChI=1S/C29H33N3/c1-20-13-15-25-24(17-20)14-16-26-28(25)31-27(19-23-11-7-4-8-12-23)29(32-26)30-21(2)18-22-9-5-3-6-10-22/h3,5-6,9-10,13,15,17,23H,2,4,7-8,11-12,14,16,18-19H2,1H3,(H,30,32). The first kappa shape index (κ1) is 20.9. The molecule has 0 saturated heterocycles. The maximum absolute atomic E-state index is 5.27. The Bertz CT molecular complexity index is 1110. The van der Waals surface area contributed by atoms with E-state index in [0.29, 0.717) is 5.92 Å². The molecule has 0 bridgehead atoms. The van der Waals surface area contributed by atoms with Gasteiger partial charge < -0.3 is 5.32 Å². The summed E-state index contributed by atoms with van der Waals surface area (Å²) < 4.78 is 0. The summed E-state index contributed by atoms with van der Waals surface area (Å²) in [4.78, 5) is 10.4. The maximum atomic E-state index is 5.27. The molecule has 1 heterocycles. The number of allylic oxidation sites excluding steroid dienone is 1. The Kier molecular flexibility index (Phi) is 6.07. The van der Waals surface area contributed by atoms with Gasteiger partial charge >= 0.3 is 0 Å². The van der Waals surface area contributed by atoms with Crippen LogP contribution in [-0.4, -0.2) is 9.97 Å². The lowest BCUT2D eigenvalue weighted by Gasteiger charge is -2.25. The van der Waals surface area contributed by atoms with Crippen LogP contribution in [0.3, 0.4) is 0 Å². The molecular weight excluding hydrogens is 390 g/mol. The highest BCUT2D eigenvalue weighted by atomic mass is 15.0. The Morgan fingerprint density at radius 2 is 1.81 bits per heavy atom. The highest BCUT2D eigenvalue weighted by molar-refractivity contribution is 5.70. The van der Waals surface area contributed by atoms with Crippen LogP contribution in [0.4, 0.5) is 5.82 Å². The summed E-state index contributed by atoms with van der Waals surface area (Å²) in [5, 5.41) is 3.56. The minimum absolute atomic E-state index is 0.708. The van der Waals surface area contributed by atoms with E-state index in [1.165, 1.54) is 54.4 Å². The van der Waals surface area contributed by atoms with Crippen molar-refractivity contribution in [2.24, 2.45) is 5.92 Å². The second-order valence-electron chi connectivity index (χ2n) is 9.57. The normalized spacial score (nSPS) is 15.7. The zero-order chi connectivity index (χ0) is 21.9. The molecule has 0 unspecified atom stereocenters. The molecule has 2 aliphatic carbocycles. The van der Waals surface area contributed by atoms with Crippen molar-refractivity contribution in [3.63, 3.8) is 0 Å². The second kappa shape index (κ2) is 9.28. The number of anilines is 1. The van der Waals surface area contributed by atoms with Crippen molar-refractivity contribution < 1.29 is 0 Å². The van der Waals surface area contributed by atoms with Crippen LogP contribution in [0.1, 0.15) is 60.2 Å². The summed E-state index contributed by atoms with van der Waals surface area (Å²) in [7, 11) is 0. The van der Waals surface area contributed by atoms with E-state index in [-0.39, 0.29) is 0 Å². The molecule has 3 heteroatoms. The van der Waals surface area contributed by atoms with Gasteiger partial charge in [-0.05, 0) is 43.2 Å². The molecule has 0 aliphatic heterocycles. The van der Waals surface area contributed by atoms with Gasteiger partial charge in [0.2, 0.25) is 0 Å². The molecule has 0 radical (unpaired) electrons. The molecular formula is C29H33N3. The predicted octanol–water partition coefficient (Wildman–Crippen LogP) is 6.84. The van der Waals surface area contributed by atoms with Gasteiger partial charge in [0, 0.05) is 17.7 Å². The molecule has 0 spiro atoms. The van der Waals surface area contributed by atoms with E-state index in [9.17, 15) is 0 Å². The Hall–Kier alpha value is -2.94. The monoisotopic (exact) mass is 423 g/mol. The fourth-order valence-corrected chi connectivity index (χ4v) is 5.27. The quantitative estimate of drug-likeness (QED) is 0.471. The van der Waals surface area contributed by atoms with Crippen LogP contribution < -0.4 is 5.32 Å². The zero-order valence-electron chi connectivity index (χ0n) is 19.2. The smallest absolute Gasteiger partial charge is 0.152 e. The zero-order valence-corrected chi connectivity index (χ0v) is 19.2. The molecule has 3 nitrogen and oxygen atoms in total. The Labute approximate surface area is 192 Å². The highest BCUT2D eigenvalue weighted by Gasteiger charge is 2.24. The lowest BCUT2D eigenvalue weighted by atomic mass is 9.85. The summed E-state index contributed by atoms with van der Waals surface area (Å²) >= 11 is 0. The number of benzene rings is 2. The van der Waals surface area contributed by atoms with E-state index in [0.717, 1.165) is 54.3 Å². The van der Waals surface area contributed by atoms with E-state index in [2.05, 4.69) is 67.4 Å². The summed E-state index contributed by atoms with van der Waals surface area (Å²) in [5.41, 5.74) is 9.54. The van der Waals surface area contributed by atoms with E-state index in [4.69, 9.17) is 9.97 Å². The average Bonchev–Trinajstić information content (AvgIpc) is 2.80. The summed E-state index contributed by atoms with van der Waals surface area (Å²) in [6, 6.07) is 17.3. The number of aryl methyl sites for hydroxylation is 3. The van der Waals surface area contributed by atoms with Crippen molar-refractivity contribution in [2.75, 3.05) is 5.32 Å². The van der Waals surface area contributed by atoms with Crippen molar-refractivity contribution in [3.8, 4) is 11.3 Å². The number of hydrogen-bond acceptors (Lipinski definition) is 3. The van der Waals surface area contributed by atoms with Crippen LogP contribution in [0.5, 0.6) is 0 Å². The van der Waals surface area contributed by atoms with Gasteiger partial charge in [0.05, 0.1) is 17.1 Å². The molecule has 164 valence electrons. The topological polar surface area (TPSA) is 37.8 Å². The van der Waals surface area contributed by atoms with Gasteiger partial charge in [-0.3, -0.25) is 0 Å². The van der Waals surface area contributed by atoms with E-state index in [1.54, 1.807) is 0 Å². The molecule has 0 amide bonds. The molecule has 1 saturated carbocycles. The van der Waals surface area contributed by atoms with Gasteiger partial charge in [0.15, 0.2) is 5.82 Å². The van der Waals surface area contributed by atoms with Crippen molar-refractivity contribution in [3.05, 3.63) is 88.9 Å². The molecule has 1 fully saturated rings. The lowest BCUT2D eigenvalue weighted by molar-refractivity contribution is 0.354. The lowest BCUT2D eigenvalue weighted by Crippen LogP contribution is -2.17.